The van der Waals surface area contributed by atoms with Gasteiger partial charge in [0.2, 0.25) is 0 Å². The van der Waals surface area contributed by atoms with Crippen LogP contribution in [0.2, 0.25) is 0 Å². The topological polar surface area (TPSA) is 35.5 Å². The number of benzene rings is 1. The number of rotatable bonds is 4. The van der Waals surface area contributed by atoms with Crippen molar-refractivity contribution < 1.29 is 14.3 Å². The van der Waals surface area contributed by atoms with Crippen molar-refractivity contribution in [1.29, 1.82) is 0 Å². The molecule has 2 aromatic rings. The Hall–Kier alpha value is -1.81. The fourth-order valence-corrected chi connectivity index (χ4v) is 2.41. The summed E-state index contributed by atoms with van der Waals surface area (Å²) < 4.78 is 10.4. The maximum Gasteiger partial charge on any atom is 0.194 e. The van der Waals surface area contributed by atoms with Crippen LogP contribution in [-0.2, 0) is 0 Å². The van der Waals surface area contributed by atoms with Crippen LogP contribution in [0.3, 0.4) is 0 Å². The number of hydrogen-bond donors (Lipinski definition) is 0. The van der Waals surface area contributed by atoms with Crippen LogP contribution in [0.1, 0.15) is 21.5 Å². The van der Waals surface area contributed by atoms with Crippen molar-refractivity contribution in [3.8, 4) is 11.5 Å². The molecular formula is C14H14O3S. The van der Waals surface area contributed by atoms with Gasteiger partial charge in [-0.05, 0) is 36.1 Å². The summed E-state index contributed by atoms with van der Waals surface area (Å²) in [7, 11) is 3.14. The second-order valence-electron chi connectivity index (χ2n) is 3.86. The average Bonchev–Trinajstić information content (AvgIpc) is 2.91. The first-order valence-electron chi connectivity index (χ1n) is 5.47. The summed E-state index contributed by atoms with van der Waals surface area (Å²) >= 11 is 1.51. The highest BCUT2D eigenvalue weighted by molar-refractivity contribution is 7.08. The summed E-state index contributed by atoms with van der Waals surface area (Å²) in [5.41, 5.74) is 2.23. The number of carbonyl (C=O) groups is 1. The van der Waals surface area contributed by atoms with Crippen LogP contribution in [0.15, 0.2) is 29.0 Å². The van der Waals surface area contributed by atoms with Gasteiger partial charge in [0.05, 0.1) is 14.2 Å². The molecule has 0 saturated carbocycles. The predicted octanol–water partition coefficient (Wildman–Crippen LogP) is 3.30. The van der Waals surface area contributed by atoms with Crippen molar-refractivity contribution in [3.05, 3.63) is 45.6 Å². The van der Waals surface area contributed by atoms with E-state index in [1.165, 1.54) is 11.3 Å². The molecule has 0 aliphatic heterocycles. The quantitative estimate of drug-likeness (QED) is 0.793. The van der Waals surface area contributed by atoms with Crippen molar-refractivity contribution in [1.82, 2.24) is 0 Å². The van der Waals surface area contributed by atoms with Crippen molar-refractivity contribution >= 4 is 17.1 Å². The van der Waals surface area contributed by atoms with E-state index in [1.54, 1.807) is 20.3 Å². The van der Waals surface area contributed by atoms with Crippen molar-refractivity contribution in [3.63, 3.8) is 0 Å². The number of carbonyl (C=O) groups excluding carboxylic acids is 1. The van der Waals surface area contributed by atoms with Crippen molar-refractivity contribution in [2.75, 3.05) is 14.2 Å². The van der Waals surface area contributed by atoms with E-state index in [0.717, 1.165) is 5.56 Å². The molecule has 1 heterocycles. The SMILES string of the molecule is COc1cc(C)c(C(=O)c2ccsc2)cc1OC. The fraction of sp³-hybridized carbons (Fsp3) is 0.214. The van der Waals surface area contributed by atoms with Gasteiger partial charge in [0.1, 0.15) is 0 Å². The van der Waals surface area contributed by atoms with E-state index in [4.69, 9.17) is 9.47 Å². The molecule has 4 heteroatoms. The highest BCUT2D eigenvalue weighted by Crippen LogP contribution is 2.31. The van der Waals surface area contributed by atoms with E-state index in [-0.39, 0.29) is 5.78 Å². The highest BCUT2D eigenvalue weighted by Gasteiger charge is 2.16. The molecule has 0 radical (unpaired) electrons. The smallest absolute Gasteiger partial charge is 0.194 e. The van der Waals surface area contributed by atoms with E-state index in [9.17, 15) is 4.79 Å². The first-order valence-corrected chi connectivity index (χ1v) is 6.41. The normalized spacial score (nSPS) is 10.2. The lowest BCUT2D eigenvalue weighted by Gasteiger charge is -2.11. The number of ether oxygens (including phenoxy) is 2. The third kappa shape index (κ3) is 2.24. The van der Waals surface area contributed by atoms with Gasteiger partial charge in [-0.15, -0.1) is 0 Å². The molecule has 0 saturated heterocycles. The van der Waals surface area contributed by atoms with Crippen LogP contribution in [0, 0.1) is 6.92 Å². The van der Waals surface area contributed by atoms with E-state index >= 15 is 0 Å². The largest absolute Gasteiger partial charge is 0.493 e. The summed E-state index contributed by atoms with van der Waals surface area (Å²) in [6.07, 6.45) is 0. The lowest BCUT2D eigenvalue weighted by Crippen LogP contribution is -2.04. The monoisotopic (exact) mass is 262 g/mol. The molecule has 0 aliphatic rings. The first kappa shape index (κ1) is 12.6. The number of aryl methyl sites for hydroxylation is 1. The molecule has 0 unspecified atom stereocenters. The van der Waals surface area contributed by atoms with Gasteiger partial charge in [0.25, 0.3) is 0 Å². The standard InChI is InChI=1S/C14H14O3S/c1-9-6-12(16-2)13(17-3)7-11(9)14(15)10-4-5-18-8-10/h4-8H,1-3H3. The van der Waals surface area contributed by atoms with Crippen molar-refractivity contribution in [2.45, 2.75) is 6.92 Å². The lowest BCUT2D eigenvalue weighted by atomic mass is 10.0. The molecule has 1 aromatic heterocycles. The third-order valence-corrected chi connectivity index (χ3v) is 3.44. The maximum absolute atomic E-state index is 12.3. The molecule has 2 rings (SSSR count). The van der Waals surface area contributed by atoms with Crippen LogP contribution in [0.25, 0.3) is 0 Å². The zero-order valence-electron chi connectivity index (χ0n) is 10.5. The maximum atomic E-state index is 12.3. The van der Waals surface area contributed by atoms with E-state index in [1.807, 2.05) is 29.8 Å². The molecule has 94 valence electrons. The molecular weight excluding hydrogens is 248 g/mol. The average molecular weight is 262 g/mol. The van der Waals surface area contributed by atoms with Crippen LogP contribution in [0.5, 0.6) is 11.5 Å². The number of ketones is 1. The molecule has 0 spiro atoms. The van der Waals surface area contributed by atoms with Crippen LogP contribution in [0.4, 0.5) is 0 Å². The summed E-state index contributed by atoms with van der Waals surface area (Å²) in [4.78, 5) is 12.3. The van der Waals surface area contributed by atoms with Crippen LogP contribution in [-0.4, -0.2) is 20.0 Å². The van der Waals surface area contributed by atoms with Gasteiger partial charge in [-0.3, -0.25) is 4.79 Å². The first-order chi connectivity index (χ1) is 8.67. The number of thiophene rings is 1. The second-order valence-corrected chi connectivity index (χ2v) is 4.64. The Morgan fingerprint density at radius 1 is 1.17 bits per heavy atom. The Bertz CT molecular complexity index is 559. The molecule has 0 bridgehead atoms. The van der Waals surface area contributed by atoms with Gasteiger partial charge in [-0.2, -0.15) is 11.3 Å². The van der Waals surface area contributed by atoms with Crippen LogP contribution < -0.4 is 9.47 Å². The lowest BCUT2D eigenvalue weighted by molar-refractivity contribution is 0.103. The van der Waals surface area contributed by atoms with Gasteiger partial charge in [-0.25, -0.2) is 0 Å². The second kappa shape index (κ2) is 5.23. The molecule has 0 N–H and O–H groups in total. The molecule has 0 aliphatic carbocycles. The number of hydrogen-bond acceptors (Lipinski definition) is 4. The fourth-order valence-electron chi connectivity index (χ4n) is 1.77. The zero-order valence-corrected chi connectivity index (χ0v) is 11.3. The summed E-state index contributed by atoms with van der Waals surface area (Å²) in [6.45, 7) is 1.89. The predicted molar refractivity (Wildman–Crippen MR) is 72.0 cm³/mol. The Labute approximate surface area is 110 Å². The van der Waals surface area contributed by atoms with Gasteiger partial charge in [-0.1, -0.05) is 0 Å². The third-order valence-electron chi connectivity index (χ3n) is 2.76. The van der Waals surface area contributed by atoms with E-state index in [0.29, 0.717) is 22.6 Å². The van der Waals surface area contributed by atoms with Crippen molar-refractivity contribution in [2.24, 2.45) is 0 Å². The van der Waals surface area contributed by atoms with Crippen LogP contribution >= 0.6 is 11.3 Å². The molecule has 1 aromatic carbocycles. The highest BCUT2D eigenvalue weighted by atomic mass is 32.1. The molecule has 18 heavy (non-hydrogen) atoms. The molecule has 3 nitrogen and oxygen atoms in total. The van der Waals surface area contributed by atoms with Gasteiger partial charge in [0, 0.05) is 16.5 Å². The number of methoxy groups -OCH3 is 2. The Balaban J connectivity index is 2.48. The Kier molecular flexibility index (Phi) is 3.67. The van der Waals surface area contributed by atoms with Gasteiger partial charge in [0.15, 0.2) is 17.3 Å². The van der Waals surface area contributed by atoms with E-state index in [2.05, 4.69) is 0 Å². The molecule has 0 amide bonds. The summed E-state index contributed by atoms with van der Waals surface area (Å²) in [5.74, 6) is 1.22. The Morgan fingerprint density at radius 2 is 1.83 bits per heavy atom. The zero-order chi connectivity index (χ0) is 13.1. The molecule has 0 atom stereocenters. The minimum atomic E-state index is 0.00898. The van der Waals surface area contributed by atoms with Gasteiger partial charge >= 0.3 is 0 Å². The van der Waals surface area contributed by atoms with Gasteiger partial charge < -0.3 is 9.47 Å². The summed E-state index contributed by atoms with van der Waals surface area (Å²) in [5, 5.41) is 3.74. The van der Waals surface area contributed by atoms with E-state index < -0.39 is 0 Å². The molecule has 0 fully saturated rings. The minimum absolute atomic E-state index is 0.00898. The Morgan fingerprint density at radius 3 is 2.39 bits per heavy atom. The summed E-state index contributed by atoms with van der Waals surface area (Å²) in [6, 6.07) is 5.37. The minimum Gasteiger partial charge on any atom is -0.493 e.